The van der Waals surface area contributed by atoms with Gasteiger partial charge in [0.2, 0.25) is 0 Å². The minimum atomic E-state index is 0.624. The highest BCUT2D eigenvalue weighted by molar-refractivity contribution is 7.19. The second kappa shape index (κ2) is 2.84. The summed E-state index contributed by atoms with van der Waals surface area (Å²) >= 11 is 1.75. The highest BCUT2D eigenvalue weighted by Gasteiger charge is 2.02. The fourth-order valence-corrected chi connectivity index (χ4v) is 2.24. The van der Waals surface area contributed by atoms with Crippen LogP contribution in [0.5, 0.6) is 0 Å². The van der Waals surface area contributed by atoms with Gasteiger partial charge in [0, 0.05) is 33.4 Å². The maximum absolute atomic E-state index is 5.55. The lowest BCUT2D eigenvalue weighted by Gasteiger charge is -1.90. The third-order valence-electron chi connectivity index (χ3n) is 1.90. The van der Waals surface area contributed by atoms with E-state index in [0.29, 0.717) is 6.54 Å². The standard InChI is InChI=1S/C9H10N2S/c1-6-8-4-7(5-10)12-9(8)2-3-11-6/h2-4H,5,10H2,1H3. The average Bonchev–Trinajstić information content (AvgIpc) is 2.49. The molecule has 0 aliphatic heterocycles. The van der Waals surface area contributed by atoms with E-state index >= 15 is 0 Å². The van der Waals surface area contributed by atoms with Crippen LogP contribution in [0.3, 0.4) is 0 Å². The maximum Gasteiger partial charge on any atom is 0.0459 e. The van der Waals surface area contributed by atoms with Crippen molar-refractivity contribution >= 4 is 21.4 Å². The SMILES string of the molecule is Cc1nccc2sc(CN)cc12. The van der Waals surface area contributed by atoms with Crippen LogP contribution in [0.4, 0.5) is 0 Å². The van der Waals surface area contributed by atoms with E-state index in [1.165, 1.54) is 15.0 Å². The summed E-state index contributed by atoms with van der Waals surface area (Å²) in [6.07, 6.45) is 1.84. The van der Waals surface area contributed by atoms with Crippen LogP contribution < -0.4 is 5.73 Å². The molecule has 2 rings (SSSR count). The molecule has 0 saturated heterocycles. The first kappa shape index (κ1) is 7.71. The first-order valence-electron chi connectivity index (χ1n) is 3.85. The van der Waals surface area contributed by atoms with Gasteiger partial charge < -0.3 is 5.73 Å². The Labute approximate surface area is 75.0 Å². The molecular weight excluding hydrogens is 168 g/mol. The van der Waals surface area contributed by atoms with E-state index in [2.05, 4.69) is 11.1 Å². The number of thiophene rings is 1. The Kier molecular flexibility index (Phi) is 1.83. The molecule has 12 heavy (non-hydrogen) atoms. The number of hydrogen-bond donors (Lipinski definition) is 1. The van der Waals surface area contributed by atoms with Gasteiger partial charge in [0.25, 0.3) is 0 Å². The highest BCUT2D eigenvalue weighted by Crippen LogP contribution is 2.26. The topological polar surface area (TPSA) is 38.9 Å². The van der Waals surface area contributed by atoms with Crippen LogP contribution in [-0.4, -0.2) is 4.98 Å². The molecule has 2 N–H and O–H groups in total. The van der Waals surface area contributed by atoms with Crippen molar-refractivity contribution in [2.24, 2.45) is 5.73 Å². The minimum absolute atomic E-state index is 0.624. The van der Waals surface area contributed by atoms with Gasteiger partial charge in [0.15, 0.2) is 0 Å². The molecule has 0 spiro atoms. The van der Waals surface area contributed by atoms with Gasteiger partial charge in [-0.3, -0.25) is 4.98 Å². The molecule has 0 aromatic carbocycles. The molecule has 2 aromatic rings. The van der Waals surface area contributed by atoms with E-state index in [4.69, 9.17) is 5.73 Å². The molecule has 0 atom stereocenters. The van der Waals surface area contributed by atoms with Crippen LogP contribution in [-0.2, 0) is 6.54 Å². The van der Waals surface area contributed by atoms with Gasteiger partial charge in [-0.1, -0.05) is 0 Å². The Morgan fingerprint density at radius 3 is 3.08 bits per heavy atom. The first-order chi connectivity index (χ1) is 5.81. The van der Waals surface area contributed by atoms with Crippen molar-refractivity contribution < 1.29 is 0 Å². The van der Waals surface area contributed by atoms with Crippen LogP contribution in [0, 0.1) is 6.92 Å². The molecule has 0 aliphatic rings. The Balaban J connectivity index is 2.74. The second-order valence-corrected chi connectivity index (χ2v) is 3.89. The molecule has 0 aliphatic carbocycles. The van der Waals surface area contributed by atoms with Gasteiger partial charge in [0.1, 0.15) is 0 Å². The van der Waals surface area contributed by atoms with Crippen LogP contribution >= 0.6 is 11.3 Å². The molecule has 3 heteroatoms. The predicted octanol–water partition coefficient (Wildman–Crippen LogP) is 2.06. The number of aryl methyl sites for hydroxylation is 1. The van der Waals surface area contributed by atoms with E-state index in [9.17, 15) is 0 Å². The third kappa shape index (κ3) is 1.11. The number of rotatable bonds is 1. The Morgan fingerprint density at radius 1 is 1.58 bits per heavy atom. The van der Waals surface area contributed by atoms with Gasteiger partial charge in [-0.05, 0) is 19.1 Å². The smallest absolute Gasteiger partial charge is 0.0459 e. The van der Waals surface area contributed by atoms with Crippen LogP contribution in [0.25, 0.3) is 10.1 Å². The molecule has 2 nitrogen and oxygen atoms in total. The maximum atomic E-state index is 5.55. The molecule has 0 unspecified atom stereocenters. The van der Waals surface area contributed by atoms with Gasteiger partial charge in [-0.25, -0.2) is 0 Å². The van der Waals surface area contributed by atoms with Crippen molar-refractivity contribution in [2.75, 3.05) is 0 Å². The molecule has 0 amide bonds. The van der Waals surface area contributed by atoms with Gasteiger partial charge in [-0.15, -0.1) is 11.3 Å². The molecule has 2 heterocycles. The lowest BCUT2D eigenvalue weighted by Crippen LogP contribution is -1.91. The van der Waals surface area contributed by atoms with E-state index in [0.717, 1.165) is 5.69 Å². The van der Waals surface area contributed by atoms with Crippen LogP contribution in [0.2, 0.25) is 0 Å². The van der Waals surface area contributed by atoms with E-state index in [-0.39, 0.29) is 0 Å². The zero-order valence-corrected chi connectivity index (χ0v) is 7.69. The van der Waals surface area contributed by atoms with E-state index in [1.54, 1.807) is 11.3 Å². The molecule has 0 radical (unpaired) electrons. The fourth-order valence-electron chi connectivity index (χ4n) is 1.25. The zero-order valence-electron chi connectivity index (χ0n) is 6.87. The zero-order chi connectivity index (χ0) is 8.55. The van der Waals surface area contributed by atoms with Crippen LogP contribution in [0.1, 0.15) is 10.6 Å². The van der Waals surface area contributed by atoms with Crippen molar-refractivity contribution in [1.29, 1.82) is 0 Å². The highest BCUT2D eigenvalue weighted by atomic mass is 32.1. The van der Waals surface area contributed by atoms with E-state index in [1.807, 2.05) is 19.2 Å². The lowest BCUT2D eigenvalue weighted by atomic mass is 10.2. The summed E-state index contributed by atoms with van der Waals surface area (Å²) in [5.41, 5.74) is 6.64. The summed E-state index contributed by atoms with van der Waals surface area (Å²) in [7, 11) is 0. The first-order valence-corrected chi connectivity index (χ1v) is 4.67. The number of nitrogens with two attached hydrogens (primary N) is 1. The molecular formula is C9H10N2S. The largest absolute Gasteiger partial charge is 0.326 e. The second-order valence-electron chi connectivity index (χ2n) is 2.73. The summed E-state index contributed by atoms with van der Waals surface area (Å²) in [5.74, 6) is 0. The lowest BCUT2D eigenvalue weighted by molar-refractivity contribution is 1.11. The van der Waals surface area contributed by atoms with E-state index < -0.39 is 0 Å². The molecule has 0 saturated carbocycles. The molecule has 0 fully saturated rings. The normalized spacial score (nSPS) is 10.8. The predicted molar refractivity (Wildman–Crippen MR) is 52.2 cm³/mol. The van der Waals surface area contributed by atoms with Gasteiger partial charge in [0.05, 0.1) is 0 Å². The third-order valence-corrected chi connectivity index (χ3v) is 3.02. The monoisotopic (exact) mass is 178 g/mol. The molecule has 2 aromatic heterocycles. The average molecular weight is 178 g/mol. The van der Waals surface area contributed by atoms with Crippen molar-refractivity contribution in [3.8, 4) is 0 Å². The number of hydrogen-bond acceptors (Lipinski definition) is 3. The summed E-state index contributed by atoms with van der Waals surface area (Å²) in [5, 5.41) is 1.24. The summed E-state index contributed by atoms with van der Waals surface area (Å²) in [6, 6.07) is 4.16. The molecule has 0 bridgehead atoms. The fraction of sp³-hybridized carbons (Fsp3) is 0.222. The van der Waals surface area contributed by atoms with Crippen LogP contribution in [0.15, 0.2) is 18.3 Å². The Morgan fingerprint density at radius 2 is 2.42 bits per heavy atom. The number of fused-ring (bicyclic) bond motifs is 1. The quantitative estimate of drug-likeness (QED) is 0.726. The number of aromatic nitrogens is 1. The van der Waals surface area contributed by atoms with Gasteiger partial charge in [-0.2, -0.15) is 0 Å². The molecule has 62 valence electrons. The Bertz CT molecular complexity index is 406. The number of nitrogens with zero attached hydrogens (tertiary/aromatic N) is 1. The van der Waals surface area contributed by atoms with Gasteiger partial charge >= 0.3 is 0 Å². The number of pyridine rings is 1. The summed E-state index contributed by atoms with van der Waals surface area (Å²) in [6.45, 7) is 2.65. The van der Waals surface area contributed by atoms with Crippen molar-refractivity contribution in [1.82, 2.24) is 4.98 Å². The van der Waals surface area contributed by atoms with Crippen molar-refractivity contribution in [3.05, 3.63) is 28.9 Å². The van der Waals surface area contributed by atoms with Crippen molar-refractivity contribution in [3.63, 3.8) is 0 Å². The Hall–Kier alpha value is -0.930. The summed E-state index contributed by atoms with van der Waals surface area (Å²) < 4.78 is 1.28. The minimum Gasteiger partial charge on any atom is -0.326 e. The summed E-state index contributed by atoms with van der Waals surface area (Å²) in [4.78, 5) is 5.44. The van der Waals surface area contributed by atoms with Crippen molar-refractivity contribution in [2.45, 2.75) is 13.5 Å².